The Labute approximate surface area is 322 Å². The molecule has 1 aromatic heterocycles. The van der Waals surface area contributed by atoms with Crippen molar-refractivity contribution in [2.45, 2.75) is 33.4 Å². The number of carbonyl (C=O) groups excluding carboxylic acids is 1. The zero-order valence-electron chi connectivity index (χ0n) is 29.8. The molecule has 0 saturated carbocycles. The van der Waals surface area contributed by atoms with E-state index >= 15 is 0 Å². The molecule has 0 radical (unpaired) electrons. The Bertz CT molecular complexity index is 2000. The number of pyridine rings is 1. The monoisotopic (exact) mass is 748 g/mol. The minimum atomic E-state index is 0. The molecule has 2 heterocycles. The van der Waals surface area contributed by atoms with Crippen molar-refractivity contribution in [3.63, 3.8) is 0 Å². The van der Waals surface area contributed by atoms with Crippen LogP contribution in [0.4, 0.5) is 0 Å². The van der Waals surface area contributed by atoms with Gasteiger partial charge in [0.25, 0.3) is 0 Å². The number of rotatable bonds is 13. The Morgan fingerprint density at radius 3 is 2.11 bits per heavy atom. The van der Waals surface area contributed by atoms with Gasteiger partial charge in [-0.2, -0.15) is 5.26 Å². The maximum atomic E-state index is 13.1. The van der Waals surface area contributed by atoms with Crippen molar-refractivity contribution in [2.75, 3.05) is 32.8 Å². The van der Waals surface area contributed by atoms with Crippen molar-refractivity contribution in [3.8, 4) is 29.2 Å². The van der Waals surface area contributed by atoms with E-state index in [9.17, 15) is 4.79 Å². The third-order valence-electron chi connectivity index (χ3n) is 8.89. The molecule has 0 atom stereocenters. The number of ether oxygens (including phenoxy) is 3. The van der Waals surface area contributed by atoms with Crippen molar-refractivity contribution in [1.29, 1.82) is 5.26 Å². The molecule has 8 nitrogen and oxygen atoms in total. The second-order valence-corrected chi connectivity index (χ2v) is 13.3. The van der Waals surface area contributed by atoms with Crippen LogP contribution in [0.25, 0.3) is 6.08 Å². The average molecular weight is 750 g/mol. The number of aryl methyl sites for hydroxylation is 2. The van der Waals surface area contributed by atoms with E-state index in [2.05, 4.69) is 40.2 Å². The van der Waals surface area contributed by atoms with Crippen LogP contribution in [0.15, 0.2) is 109 Å². The fourth-order valence-corrected chi connectivity index (χ4v) is 6.11. The molecule has 1 aliphatic heterocycles. The number of carbonyl (C=O) groups is 1. The standard InChI is InChI=1S/C43H41ClN4O4.ClH/c1-31-25-37(26-32(2)43(31)52-41-17-16-40(28-46-41)51-30-36-9-5-34(27-45)6-10-36)11-18-42(49)48-22-20-47(21-23-48)29-35-7-3-33(4-8-35)19-24-50-39-14-12-38(44)13-15-39;/h3-18,25-26,28H,19-24,29-30H2,1-2H3;1H/b18-11+;. The van der Waals surface area contributed by atoms with Crippen LogP contribution in [0.3, 0.4) is 0 Å². The van der Waals surface area contributed by atoms with E-state index in [1.165, 1.54) is 11.1 Å². The maximum absolute atomic E-state index is 13.1. The van der Waals surface area contributed by atoms with E-state index in [1.54, 1.807) is 30.5 Å². The normalized spacial score (nSPS) is 12.9. The molecule has 10 heteroatoms. The van der Waals surface area contributed by atoms with Gasteiger partial charge in [0.1, 0.15) is 23.9 Å². The molecule has 0 N–H and O–H groups in total. The van der Waals surface area contributed by atoms with Crippen LogP contribution in [0.1, 0.15) is 38.9 Å². The third-order valence-corrected chi connectivity index (χ3v) is 9.14. The quantitative estimate of drug-likeness (QED) is 0.111. The van der Waals surface area contributed by atoms with E-state index < -0.39 is 0 Å². The number of nitriles is 1. The van der Waals surface area contributed by atoms with Crippen LogP contribution in [-0.4, -0.2) is 53.5 Å². The highest BCUT2D eigenvalue weighted by atomic mass is 35.5. The molecule has 0 bridgehead atoms. The molecule has 1 saturated heterocycles. The van der Waals surface area contributed by atoms with E-state index in [4.69, 9.17) is 31.1 Å². The van der Waals surface area contributed by atoms with Crippen molar-refractivity contribution < 1.29 is 19.0 Å². The van der Waals surface area contributed by atoms with E-state index in [0.717, 1.165) is 59.8 Å². The summed E-state index contributed by atoms with van der Waals surface area (Å²) in [6, 6.07) is 33.1. The number of hydrogen-bond donors (Lipinski definition) is 0. The SMILES string of the molecule is Cc1cc(/C=C/C(=O)N2CCN(Cc3ccc(CCOc4ccc(Cl)cc4)cc3)CC2)cc(C)c1Oc1ccc(OCc2ccc(C#N)cc2)cn1.Cl. The van der Waals surface area contributed by atoms with Gasteiger partial charge in [0.2, 0.25) is 11.8 Å². The van der Waals surface area contributed by atoms with Gasteiger partial charge in [0, 0.05) is 56.3 Å². The molecule has 53 heavy (non-hydrogen) atoms. The molecule has 6 rings (SSSR count). The summed E-state index contributed by atoms with van der Waals surface area (Å²) in [5.41, 5.74) is 6.91. The number of aromatic nitrogens is 1. The fourth-order valence-electron chi connectivity index (χ4n) is 5.99. The van der Waals surface area contributed by atoms with Crippen molar-refractivity contribution >= 4 is 36.0 Å². The minimum absolute atomic E-state index is 0. The van der Waals surface area contributed by atoms with Crippen molar-refractivity contribution in [3.05, 3.63) is 153 Å². The van der Waals surface area contributed by atoms with Gasteiger partial charge in [-0.25, -0.2) is 4.98 Å². The Balaban J connectivity index is 0.00000541. The first kappa shape index (κ1) is 38.9. The summed E-state index contributed by atoms with van der Waals surface area (Å²) in [6.45, 7) is 8.87. The number of piperazine rings is 1. The number of benzene rings is 4. The topological polar surface area (TPSA) is 87.9 Å². The average Bonchev–Trinajstić information content (AvgIpc) is 3.17. The van der Waals surface area contributed by atoms with Gasteiger partial charge in [0.15, 0.2) is 0 Å². The van der Waals surface area contributed by atoms with Gasteiger partial charge in [-0.15, -0.1) is 12.4 Å². The number of nitrogens with zero attached hydrogens (tertiary/aromatic N) is 4. The first-order valence-electron chi connectivity index (χ1n) is 17.3. The van der Waals surface area contributed by atoms with Gasteiger partial charge in [-0.3, -0.25) is 9.69 Å². The van der Waals surface area contributed by atoms with E-state index in [1.807, 2.05) is 79.4 Å². The summed E-state index contributed by atoms with van der Waals surface area (Å²) in [5, 5.41) is 9.66. The number of amides is 1. The Kier molecular flexibility index (Phi) is 13.9. The molecule has 1 amide bonds. The summed E-state index contributed by atoms with van der Waals surface area (Å²) < 4.78 is 17.8. The summed E-state index contributed by atoms with van der Waals surface area (Å²) in [6.07, 6.45) is 6.00. The fraction of sp³-hybridized carbons (Fsp3) is 0.233. The largest absolute Gasteiger partial charge is 0.493 e. The van der Waals surface area contributed by atoms with Gasteiger partial charge in [-0.1, -0.05) is 48.0 Å². The van der Waals surface area contributed by atoms with Crippen LogP contribution in [0.2, 0.25) is 5.02 Å². The Morgan fingerprint density at radius 1 is 0.830 bits per heavy atom. The zero-order chi connectivity index (χ0) is 36.3. The number of halogens is 2. The molecular weight excluding hydrogens is 707 g/mol. The third kappa shape index (κ3) is 11.3. The lowest BCUT2D eigenvalue weighted by molar-refractivity contribution is -0.127. The van der Waals surface area contributed by atoms with Gasteiger partial charge in [-0.05, 0) is 108 Å². The maximum Gasteiger partial charge on any atom is 0.246 e. The molecule has 0 spiro atoms. The first-order valence-corrected chi connectivity index (χ1v) is 17.7. The second kappa shape index (κ2) is 19.0. The van der Waals surface area contributed by atoms with Crippen LogP contribution in [0.5, 0.6) is 23.1 Å². The van der Waals surface area contributed by atoms with Crippen molar-refractivity contribution in [2.24, 2.45) is 0 Å². The summed E-state index contributed by atoms with van der Waals surface area (Å²) in [7, 11) is 0. The first-order chi connectivity index (χ1) is 25.3. The lowest BCUT2D eigenvalue weighted by Crippen LogP contribution is -2.47. The molecule has 1 fully saturated rings. The molecule has 5 aromatic rings. The van der Waals surface area contributed by atoms with E-state index in [-0.39, 0.29) is 18.3 Å². The van der Waals surface area contributed by atoms with Crippen LogP contribution in [0, 0.1) is 25.2 Å². The van der Waals surface area contributed by atoms with Crippen LogP contribution < -0.4 is 14.2 Å². The Hall–Kier alpha value is -5.33. The highest BCUT2D eigenvalue weighted by Gasteiger charge is 2.20. The van der Waals surface area contributed by atoms with Gasteiger partial charge in [0.05, 0.1) is 24.4 Å². The predicted octanol–water partition coefficient (Wildman–Crippen LogP) is 9.00. The minimum Gasteiger partial charge on any atom is -0.493 e. The van der Waals surface area contributed by atoms with Gasteiger partial charge < -0.3 is 19.1 Å². The molecule has 272 valence electrons. The Morgan fingerprint density at radius 2 is 1.47 bits per heavy atom. The smallest absolute Gasteiger partial charge is 0.246 e. The molecule has 1 aliphatic rings. The van der Waals surface area contributed by atoms with Crippen molar-refractivity contribution in [1.82, 2.24) is 14.8 Å². The lowest BCUT2D eigenvalue weighted by Gasteiger charge is -2.34. The predicted molar refractivity (Wildman–Crippen MR) is 211 cm³/mol. The zero-order valence-corrected chi connectivity index (χ0v) is 31.4. The molecule has 0 aliphatic carbocycles. The highest BCUT2D eigenvalue weighted by Crippen LogP contribution is 2.30. The highest BCUT2D eigenvalue weighted by molar-refractivity contribution is 6.30. The lowest BCUT2D eigenvalue weighted by atomic mass is 10.1. The van der Waals surface area contributed by atoms with Crippen LogP contribution in [-0.2, 0) is 24.4 Å². The summed E-state index contributed by atoms with van der Waals surface area (Å²) in [5.74, 6) is 2.66. The summed E-state index contributed by atoms with van der Waals surface area (Å²) >= 11 is 5.94. The number of hydrogen-bond acceptors (Lipinski definition) is 7. The second-order valence-electron chi connectivity index (χ2n) is 12.8. The van der Waals surface area contributed by atoms with E-state index in [0.29, 0.717) is 48.5 Å². The van der Waals surface area contributed by atoms with Gasteiger partial charge >= 0.3 is 0 Å². The molecular formula is C43H42Cl2N4O4. The summed E-state index contributed by atoms with van der Waals surface area (Å²) in [4.78, 5) is 21.8. The molecule has 0 unspecified atom stereocenters. The molecule has 4 aromatic carbocycles. The van der Waals surface area contributed by atoms with Crippen LogP contribution >= 0.6 is 24.0 Å².